The van der Waals surface area contributed by atoms with Gasteiger partial charge in [-0.3, -0.25) is 4.79 Å². The minimum atomic E-state index is -0.167. The lowest BCUT2D eigenvalue weighted by Crippen LogP contribution is -2.41. The summed E-state index contributed by atoms with van der Waals surface area (Å²) in [6.45, 7) is 3.84. The lowest BCUT2D eigenvalue weighted by Gasteiger charge is -2.23. The molecule has 1 N–H and O–H groups in total. The van der Waals surface area contributed by atoms with Crippen molar-refractivity contribution in [2.24, 2.45) is 0 Å². The minimum absolute atomic E-state index is 0.111. The van der Waals surface area contributed by atoms with Crippen LogP contribution in [0.2, 0.25) is 0 Å². The molecule has 1 heterocycles. The van der Waals surface area contributed by atoms with Crippen LogP contribution in [0.15, 0.2) is 0 Å². The first-order chi connectivity index (χ1) is 7.27. The molecule has 15 heavy (non-hydrogen) atoms. The summed E-state index contributed by atoms with van der Waals surface area (Å²) in [5.74, 6) is -0.167. The van der Waals surface area contributed by atoms with Crippen molar-refractivity contribution >= 4 is 5.97 Å². The smallest absolute Gasteiger partial charge is 0.307 e. The fourth-order valence-electron chi connectivity index (χ4n) is 1.85. The quantitative estimate of drug-likeness (QED) is 0.674. The van der Waals surface area contributed by atoms with E-state index in [2.05, 4.69) is 17.0 Å². The second kappa shape index (κ2) is 6.80. The summed E-state index contributed by atoms with van der Waals surface area (Å²) < 4.78 is 10.3. The van der Waals surface area contributed by atoms with Gasteiger partial charge in [-0.05, 0) is 25.8 Å². The molecule has 1 saturated heterocycles. The van der Waals surface area contributed by atoms with Crippen LogP contribution in [-0.2, 0) is 14.3 Å². The van der Waals surface area contributed by atoms with E-state index in [9.17, 15) is 4.79 Å². The molecular formula is C11H21NO3. The number of ether oxygens (including phenoxy) is 2. The highest BCUT2D eigenvalue weighted by atomic mass is 16.5. The van der Waals surface area contributed by atoms with Crippen LogP contribution in [-0.4, -0.2) is 38.4 Å². The number of rotatable bonds is 6. The first-order valence-electron chi connectivity index (χ1n) is 5.69. The highest BCUT2D eigenvalue weighted by molar-refractivity contribution is 5.70. The molecule has 0 aromatic heterocycles. The Morgan fingerprint density at radius 2 is 2.47 bits per heavy atom. The monoisotopic (exact) mass is 215 g/mol. The minimum Gasteiger partial charge on any atom is -0.469 e. The predicted octanol–water partition coefficient (Wildman–Crippen LogP) is 1.10. The topological polar surface area (TPSA) is 47.6 Å². The van der Waals surface area contributed by atoms with Crippen molar-refractivity contribution in [1.82, 2.24) is 5.32 Å². The highest BCUT2D eigenvalue weighted by Gasteiger charge is 2.27. The fraction of sp³-hybridized carbons (Fsp3) is 0.909. The van der Waals surface area contributed by atoms with Gasteiger partial charge in [0.15, 0.2) is 0 Å². The first kappa shape index (κ1) is 12.5. The molecule has 88 valence electrons. The van der Waals surface area contributed by atoms with Crippen LogP contribution < -0.4 is 5.32 Å². The van der Waals surface area contributed by atoms with Crippen LogP contribution >= 0.6 is 0 Å². The van der Waals surface area contributed by atoms with Gasteiger partial charge in [0, 0.05) is 12.6 Å². The molecule has 0 saturated carbocycles. The zero-order chi connectivity index (χ0) is 11.1. The standard InChI is InChI=1S/C11H21NO3/c1-3-6-12-9(8-11(13)14-2)10-5-4-7-15-10/h9-10,12H,3-8H2,1-2H3. The van der Waals surface area contributed by atoms with E-state index < -0.39 is 0 Å². The average molecular weight is 215 g/mol. The third kappa shape index (κ3) is 4.18. The maximum atomic E-state index is 11.2. The number of hydrogen-bond acceptors (Lipinski definition) is 4. The normalized spacial score (nSPS) is 22.7. The Morgan fingerprint density at radius 3 is 3.00 bits per heavy atom. The Morgan fingerprint density at radius 1 is 1.67 bits per heavy atom. The first-order valence-corrected chi connectivity index (χ1v) is 5.69. The number of carbonyl (C=O) groups excluding carboxylic acids is 1. The van der Waals surface area contributed by atoms with Gasteiger partial charge >= 0.3 is 5.97 Å². The molecule has 0 aromatic carbocycles. The van der Waals surface area contributed by atoms with Crippen LogP contribution in [0.1, 0.15) is 32.6 Å². The van der Waals surface area contributed by atoms with E-state index in [0.717, 1.165) is 32.4 Å². The third-order valence-electron chi connectivity index (χ3n) is 2.68. The number of hydrogen-bond donors (Lipinski definition) is 1. The summed E-state index contributed by atoms with van der Waals surface area (Å²) in [6.07, 6.45) is 3.77. The van der Waals surface area contributed by atoms with Gasteiger partial charge in [0.2, 0.25) is 0 Å². The summed E-state index contributed by atoms with van der Waals surface area (Å²) in [4.78, 5) is 11.2. The number of carbonyl (C=O) groups is 1. The second-order valence-electron chi connectivity index (χ2n) is 3.89. The van der Waals surface area contributed by atoms with E-state index in [4.69, 9.17) is 4.74 Å². The van der Waals surface area contributed by atoms with Crippen molar-refractivity contribution in [3.8, 4) is 0 Å². The van der Waals surface area contributed by atoms with E-state index in [0.29, 0.717) is 6.42 Å². The molecule has 0 radical (unpaired) electrons. The van der Waals surface area contributed by atoms with E-state index >= 15 is 0 Å². The van der Waals surface area contributed by atoms with Crippen molar-refractivity contribution in [1.29, 1.82) is 0 Å². The van der Waals surface area contributed by atoms with E-state index in [1.54, 1.807) is 0 Å². The number of nitrogens with one attached hydrogen (secondary N) is 1. The van der Waals surface area contributed by atoms with Crippen molar-refractivity contribution in [3.05, 3.63) is 0 Å². The summed E-state index contributed by atoms with van der Waals surface area (Å²) in [5.41, 5.74) is 0. The Hall–Kier alpha value is -0.610. The van der Waals surface area contributed by atoms with E-state index in [-0.39, 0.29) is 18.1 Å². The van der Waals surface area contributed by atoms with E-state index in [1.165, 1.54) is 7.11 Å². The van der Waals surface area contributed by atoms with Gasteiger partial charge in [-0.15, -0.1) is 0 Å². The van der Waals surface area contributed by atoms with Crippen LogP contribution in [0, 0.1) is 0 Å². The molecule has 0 aromatic rings. The Labute approximate surface area is 91.3 Å². The molecule has 1 aliphatic rings. The molecular weight excluding hydrogens is 194 g/mol. The van der Waals surface area contributed by atoms with Gasteiger partial charge in [-0.2, -0.15) is 0 Å². The largest absolute Gasteiger partial charge is 0.469 e. The molecule has 1 rings (SSSR count). The summed E-state index contributed by atoms with van der Waals surface area (Å²) >= 11 is 0. The predicted molar refractivity (Wildman–Crippen MR) is 57.7 cm³/mol. The Bertz CT molecular complexity index is 190. The molecule has 1 fully saturated rings. The van der Waals surface area contributed by atoms with E-state index in [1.807, 2.05) is 0 Å². The molecule has 4 heteroatoms. The molecule has 2 unspecified atom stereocenters. The van der Waals surface area contributed by atoms with Crippen molar-refractivity contribution in [3.63, 3.8) is 0 Å². The van der Waals surface area contributed by atoms with Crippen molar-refractivity contribution in [2.45, 2.75) is 44.8 Å². The Balaban J connectivity index is 2.40. The van der Waals surface area contributed by atoms with Gasteiger partial charge in [0.05, 0.1) is 19.6 Å². The van der Waals surface area contributed by atoms with Crippen LogP contribution in [0.3, 0.4) is 0 Å². The lowest BCUT2D eigenvalue weighted by atomic mass is 10.0. The molecule has 4 nitrogen and oxygen atoms in total. The highest BCUT2D eigenvalue weighted by Crippen LogP contribution is 2.18. The third-order valence-corrected chi connectivity index (χ3v) is 2.68. The molecule has 2 atom stereocenters. The van der Waals surface area contributed by atoms with Gasteiger partial charge in [0.25, 0.3) is 0 Å². The zero-order valence-electron chi connectivity index (χ0n) is 9.62. The molecule has 0 amide bonds. The molecule has 0 spiro atoms. The zero-order valence-corrected chi connectivity index (χ0v) is 9.62. The van der Waals surface area contributed by atoms with Gasteiger partial charge in [-0.25, -0.2) is 0 Å². The van der Waals surface area contributed by atoms with Crippen LogP contribution in [0.25, 0.3) is 0 Å². The summed E-state index contributed by atoms with van der Waals surface area (Å²) in [7, 11) is 1.43. The van der Waals surface area contributed by atoms with Gasteiger partial charge in [-0.1, -0.05) is 6.92 Å². The van der Waals surface area contributed by atoms with Crippen LogP contribution in [0.5, 0.6) is 0 Å². The Kier molecular flexibility index (Phi) is 5.65. The van der Waals surface area contributed by atoms with Crippen molar-refractivity contribution in [2.75, 3.05) is 20.3 Å². The SMILES string of the molecule is CCCNC(CC(=O)OC)C1CCCO1. The maximum Gasteiger partial charge on any atom is 0.307 e. The second-order valence-corrected chi connectivity index (χ2v) is 3.89. The van der Waals surface area contributed by atoms with Crippen LogP contribution in [0.4, 0.5) is 0 Å². The molecule has 0 aliphatic carbocycles. The van der Waals surface area contributed by atoms with Crippen molar-refractivity contribution < 1.29 is 14.3 Å². The van der Waals surface area contributed by atoms with Gasteiger partial charge in [0.1, 0.15) is 0 Å². The molecule has 0 bridgehead atoms. The van der Waals surface area contributed by atoms with Gasteiger partial charge < -0.3 is 14.8 Å². The lowest BCUT2D eigenvalue weighted by molar-refractivity contribution is -0.142. The summed E-state index contributed by atoms with van der Waals surface area (Å²) in [5, 5.41) is 3.35. The molecule has 1 aliphatic heterocycles. The number of esters is 1. The average Bonchev–Trinajstić information content (AvgIpc) is 2.77. The fourth-order valence-corrected chi connectivity index (χ4v) is 1.85. The maximum absolute atomic E-state index is 11.2. The summed E-state index contributed by atoms with van der Waals surface area (Å²) in [6, 6.07) is 0.111. The number of methoxy groups -OCH3 is 1.